The van der Waals surface area contributed by atoms with Gasteiger partial charge in [-0.15, -0.1) is 0 Å². The SMILES string of the molecule is C=CCOc1ccc(C(=O)N/N=C/c2ccccc2OCCC)cc1OC. The number of methoxy groups -OCH3 is 1. The lowest BCUT2D eigenvalue weighted by atomic mass is 10.2. The van der Waals surface area contributed by atoms with Crippen LogP contribution in [-0.4, -0.2) is 32.4 Å². The van der Waals surface area contributed by atoms with Gasteiger partial charge in [-0.3, -0.25) is 4.79 Å². The minimum atomic E-state index is -0.355. The van der Waals surface area contributed by atoms with Crippen molar-refractivity contribution in [1.82, 2.24) is 5.43 Å². The molecule has 27 heavy (non-hydrogen) atoms. The highest BCUT2D eigenvalue weighted by molar-refractivity contribution is 5.95. The molecule has 2 rings (SSSR count). The molecule has 0 radical (unpaired) electrons. The molecule has 0 fully saturated rings. The molecule has 0 heterocycles. The van der Waals surface area contributed by atoms with Crippen molar-refractivity contribution in [1.29, 1.82) is 0 Å². The van der Waals surface area contributed by atoms with E-state index in [1.807, 2.05) is 31.2 Å². The Labute approximate surface area is 159 Å². The number of nitrogens with zero attached hydrogens (tertiary/aromatic N) is 1. The van der Waals surface area contributed by atoms with E-state index >= 15 is 0 Å². The molecule has 0 saturated heterocycles. The zero-order valence-corrected chi connectivity index (χ0v) is 15.6. The number of carbonyl (C=O) groups is 1. The van der Waals surface area contributed by atoms with Crippen molar-refractivity contribution >= 4 is 12.1 Å². The molecule has 1 N–H and O–H groups in total. The number of rotatable bonds is 10. The van der Waals surface area contributed by atoms with Crippen LogP contribution < -0.4 is 19.6 Å². The van der Waals surface area contributed by atoms with Gasteiger partial charge in [0, 0.05) is 11.1 Å². The molecule has 2 aromatic carbocycles. The molecule has 142 valence electrons. The topological polar surface area (TPSA) is 69.2 Å². The highest BCUT2D eigenvalue weighted by Crippen LogP contribution is 2.28. The van der Waals surface area contributed by atoms with Gasteiger partial charge in [-0.1, -0.05) is 31.7 Å². The second-order valence-electron chi connectivity index (χ2n) is 5.55. The van der Waals surface area contributed by atoms with Crippen molar-refractivity contribution in [2.75, 3.05) is 20.3 Å². The number of hydrogen-bond donors (Lipinski definition) is 1. The van der Waals surface area contributed by atoms with Crippen molar-refractivity contribution < 1.29 is 19.0 Å². The summed E-state index contributed by atoms with van der Waals surface area (Å²) in [4.78, 5) is 12.3. The lowest BCUT2D eigenvalue weighted by Crippen LogP contribution is -2.17. The predicted octanol–water partition coefficient (Wildman–Crippen LogP) is 3.81. The zero-order valence-electron chi connectivity index (χ0n) is 15.6. The van der Waals surface area contributed by atoms with Crippen molar-refractivity contribution in [3.05, 3.63) is 66.2 Å². The fraction of sp³-hybridized carbons (Fsp3) is 0.238. The van der Waals surface area contributed by atoms with E-state index in [2.05, 4.69) is 17.1 Å². The second kappa shape index (κ2) is 10.7. The van der Waals surface area contributed by atoms with Crippen LogP contribution in [0.25, 0.3) is 0 Å². The largest absolute Gasteiger partial charge is 0.493 e. The molecule has 6 nitrogen and oxygen atoms in total. The van der Waals surface area contributed by atoms with Crippen molar-refractivity contribution in [3.8, 4) is 17.2 Å². The van der Waals surface area contributed by atoms with E-state index in [1.54, 1.807) is 30.5 Å². The van der Waals surface area contributed by atoms with Crippen LogP contribution in [-0.2, 0) is 0 Å². The van der Waals surface area contributed by atoms with Crippen molar-refractivity contribution in [3.63, 3.8) is 0 Å². The maximum Gasteiger partial charge on any atom is 0.271 e. The van der Waals surface area contributed by atoms with E-state index < -0.39 is 0 Å². The van der Waals surface area contributed by atoms with E-state index in [0.29, 0.717) is 30.3 Å². The lowest BCUT2D eigenvalue weighted by Gasteiger charge is -2.10. The van der Waals surface area contributed by atoms with Gasteiger partial charge in [-0.25, -0.2) is 5.43 Å². The van der Waals surface area contributed by atoms with Crippen molar-refractivity contribution in [2.45, 2.75) is 13.3 Å². The van der Waals surface area contributed by atoms with Gasteiger partial charge in [0.25, 0.3) is 5.91 Å². The number of hydrazone groups is 1. The first-order valence-corrected chi connectivity index (χ1v) is 8.66. The number of amides is 1. The van der Waals surface area contributed by atoms with E-state index in [9.17, 15) is 4.79 Å². The first-order chi connectivity index (χ1) is 13.2. The number of ether oxygens (including phenoxy) is 3. The number of carbonyl (C=O) groups excluding carboxylic acids is 1. The standard InChI is InChI=1S/C21H24N2O4/c1-4-12-26-18-9-7-6-8-17(18)15-22-23-21(24)16-10-11-19(27-13-5-2)20(14-16)25-3/h5-11,14-15H,2,4,12-13H2,1,3H3,(H,23,24)/b22-15+. The molecular weight excluding hydrogens is 344 g/mol. The quantitative estimate of drug-likeness (QED) is 0.393. The van der Waals surface area contributed by atoms with Gasteiger partial charge in [-0.2, -0.15) is 5.10 Å². The lowest BCUT2D eigenvalue weighted by molar-refractivity contribution is 0.0954. The van der Waals surface area contributed by atoms with Crippen LogP contribution in [0.15, 0.2) is 60.2 Å². The Morgan fingerprint density at radius 3 is 2.70 bits per heavy atom. The summed E-state index contributed by atoms with van der Waals surface area (Å²) in [5.41, 5.74) is 3.70. The molecule has 2 aromatic rings. The summed E-state index contributed by atoms with van der Waals surface area (Å²) in [6.07, 6.45) is 4.11. The van der Waals surface area contributed by atoms with Crippen LogP contribution in [0, 0.1) is 0 Å². The van der Waals surface area contributed by atoms with E-state index in [1.165, 1.54) is 7.11 Å². The van der Waals surface area contributed by atoms with Gasteiger partial charge < -0.3 is 14.2 Å². The van der Waals surface area contributed by atoms with Crippen molar-refractivity contribution in [2.24, 2.45) is 5.10 Å². The highest BCUT2D eigenvalue weighted by atomic mass is 16.5. The molecular formula is C21H24N2O4. The van der Waals surface area contributed by atoms with Crippen LogP contribution >= 0.6 is 0 Å². The molecule has 0 aliphatic heterocycles. The predicted molar refractivity (Wildman–Crippen MR) is 106 cm³/mol. The molecule has 0 unspecified atom stereocenters. The molecule has 0 aliphatic carbocycles. The molecule has 0 saturated carbocycles. The average molecular weight is 368 g/mol. The van der Waals surface area contributed by atoms with Crippen LogP contribution in [0.4, 0.5) is 0 Å². The Morgan fingerprint density at radius 2 is 1.96 bits per heavy atom. The van der Waals surface area contributed by atoms with Crippen LogP contribution in [0.2, 0.25) is 0 Å². The van der Waals surface area contributed by atoms with Gasteiger partial charge in [0.05, 0.1) is 19.9 Å². The fourth-order valence-electron chi connectivity index (χ4n) is 2.23. The van der Waals surface area contributed by atoms with Gasteiger partial charge >= 0.3 is 0 Å². The molecule has 0 spiro atoms. The number of hydrogen-bond acceptors (Lipinski definition) is 5. The molecule has 0 aromatic heterocycles. The van der Waals surface area contributed by atoms with Gasteiger partial charge in [-0.05, 0) is 36.8 Å². The second-order valence-corrected chi connectivity index (χ2v) is 5.55. The van der Waals surface area contributed by atoms with Crippen LogP contribution in [0.1, 0.15) is 29.3 Å². The normalized spacial score (nSPS) is 10.4. The number of benzene rings is 2. The third-order valence-electron chi connectivity index (χ3n) is 3.53. The van der Waals surface area contributed by atoms with E-state index in [4.69, 9.17) is 14.2 Å². The Hall–Kier alpha value is -3.28. The maximum absolute atomic E-state index is 12.3. The minimum Gasteiger partial charge on any atom is -0.493 e. The number of para-hydroxylation sites is 1. The first-order valence-electron chi connectivity index (χ1n) is 8.66. The molecule has 6 heteroatoms. The summed E-state index contributed by atoms with van der Waals surface area (Å²) in [5, 5.41) is 4.02. The van der Waals surface area contributed by atoms with Crippen LogP contribution in [0.5, 0.6) is 17.2 Å². The van der Waals surface area contributed by atoms with Crippen LogP contribution in [0.3, 0.4) is 0 Å². The average Bonchev–Trinajstić information content (AvgIpc) is 2.71. The first kappa shape index (κ1) is 20.0. The molecule has 1 amide bonds. The third-order valence-corrected chi connectivity index (χ3v) is 3.53. The summed E-state index contributed by atoms with van der Waals surface area (Å²) in [6, 6.07) is 12.4. The Morgan fingerprint density at radius 1 is 1.15 bits per heavy atom. The summed E-state index contributed by atoms with van der Waals surface area (Å²) in [7, 11) is 1.52. The summed E-state index contributed by atoms with van der Waals surface area (Å²) in [5.74, 6) is 1.38. The van der Waals surface area contributed by atoms with Gasteiger partial charge in [0.2, 0.25) is 0 Å². The van der Waals surface area contributed by atoms with Gasteiger partial charge in [0.1, 0.15) is 12.4 Å². The maximum atomic E-state index is 12.3. The summed E-state index contributed by atoms with van der Waals surface area (Å²) in [6.45, 7) is 6.62. The molecule has 0 bridgehead atoms. The van der Waals surface area contributed by atoms with E-state index in [-0.39, 0.29) is 5.91 Å². The highest BCUT2D eigenvalue weighted by Gasteiger charge is 2.10. The number of nitrogens with one attached hydrogen (secondary N) is 1. The fourth-order valence-corrected chi connectivity index (χ4v) is 2.23. The smallest absolute Gasteiger partial charge is 0.271 e. The minimum absolute atomic E-state index is 0.353. The third kappa shape index (κ3) is 5.88. The Balaban J connectivity index is 2.05. The summed E-state index contributed by atoms with van der Waals surface area (Å²) >= 11 is 0. The van der Waals surface area contributed by atoms with Gasteiger partial charge in [0.15, 0.2) is 11.5 Å². The Kier molecular flexibility index (Phi) is 7.91. The monoisotopic (exact) mass is 368 g/mol. The molecule has 0 atom stereocenters. The van der Waals surface area contributed by atoms with E-state index in [0.717, 1.165) is 17.7 Å². The molecule has 0 aliphatic rings. The Bertz CT molecular complexity index is 803. The summed E-state index contributed by atoms with van der Waals surface area (Å²) < 4.78 is 16.4. The zero-order chi connectivity index (χ0) is 19.5.